The van der Waals surface area contributed by atoms with Gasteiger partial charge in [-0.05, 0) is 133 Å². The molecule has 0 saturated carbocycles. The van der Waals surface area contributed by atoms with Gasteiger partial charge in [0, 0.05) is 12.8 Å². The molecule has 0 aliphatic carbocycles. The zero-order chi connectivity index (χ0) is 29.3. The second kappa shape index (κ2) is 25.1. The Balaban J connectivity index is 0. The Kier molecular flexibility index (Phi) is 25.0. The highest BCUT2D eigenvalue weighted by atomic mass is 16.1. The summed E-state index contributed by atoms with van der Waals surface area (Å²) in [5.41, 5.74) is 8.56. The molecule has 0 aromatic carbocycles. The van der Waals surface area contributed by atoms with E-state index in [0.29, 0.717) is 12.8 Å². The van der Waals surface area contributed by atoms with Crippen LogP contribution >= 0.6 is 0 Å². The first kappa shape index (κ1) is 37.9. The summed E-state index contributed by atoms with van der Waals surface area (Å²) in [6.07, 6.45) is 25.9. The summed E-state index contributed by atoms with van der Waals surface area (Å²) in [6, 6.07) is 0. The first-order valence-corrected chi connectivity index (χ1v) is 14.7. The molecule has 0 aliphatic rings. The van der Waals surface area contributed by atoms with Crippen molar-refractivity contribution in [3.63, 3.8) is 0 Å². The molecule has 0 atom stereocenters. The molecule has 216 valence electrons. The van der Waals surface area contributed by atoms with Crippen LogP contribution in [0.3, 0.4) is 0 Å². The highest BCUT2D eigenvalue weighted by Crippen LogP contribution is 2.13. The molecule has 0 aromatic heterocycles. The van der Waals surface area contributed by atoms with Crippen LogP contribution in [0.15, 0.2) is 69.9 Å². The van der Waals surface area contributed by atoms with Gasteiger partial charge in [0.2, 0.25) is 0 Å². The van der Waals surface area contributed by atoms with Crippen molar-refractivity contribution in [1.82, 2.24) is 0 Å². The molecule has 0 radical (unpaired) electrons. The average molecular weight is 525 g/mol. The highest BCUT2D eigenvalue weighted by molar-refractivity contribution is 5.75. The van der Waals surface area contributed by atoms with Crippen LogP contribution in [-0.2, 0) is 9.59 Å². The Morgan fingerprint density at radius 3 is 0.763 bits per heavy atom. The van der Waals surface area contributed by atoms with E-state index in [9.17, 15) is 9.59 Å². The van der Waals surface area contributed by atoms with Crippen molar-refractivity contribution in [3.05, 3.63) is 69.9 Å². The predicted molar refractivity (Wildman–Crippen MR) is 171 cm³/mol. The van der Waals surface area contributed by atoms with Gasteiger partial charge in [-0.25, -0.2) is 0 Å². The van der Waals surface area contributed by atoms with E-state index in [1.807, 2.05) is 0 Å². The number of hydrogen-bond donors (Lipinski definition) is 0. The lowest BCUT2D eigenvalue weighted by molar-refractivity contribution is -0.117. The van der Waals surface area contributed by atoms with Gasteiger partial charge in [0.05, 0.1) is 0 Å². The summed E-state index contributed by atoms with van der Waals surface area (Å²) in [7, 11) is 0. The molecule has 0 aromatic rings. The van der Waals surface area contributed by atoms with Crippen LogP contribution in [0.4, 0.5) is 0 Å². The molecule has 0 rings (SSSR count). The summed E-state index contributed by atoms with van der Waals surface area (Å²) >= 11 is 0. The third kappa shape index (κ3) is 31.8. The summed E-state index contributed by atoms with van der Waals surface area (Å²) in [4.78, 5) is 21.7. The van der Waals surface area contributed by atoms with Crippen LogP contribution in [0, 0.1) is 0 Å². The minimum atomic E-state index is 0.277. The maximum atomic E-state index is 10.8. The molecule has 0 aliphatic heterocycles. The molecule has 0 bridgehead atoms. The van der Waals surface area contributed by atoms with E-state index in [2.05, 4.69) is 91.8 Å². The lowest BCUT2D eigenvalue weighted by Gasteiger charge is -2.01. The number of carbonyl (C=O) groups is 2. The number of rotatable bonds is 18. The average Bonchev–Trinajstić information content (AvgIpc) is 2.78. The molecule has 0 N–H and O–H groups in total. The van der Waals surface area contributed by atoms with E-state index in [4.69, 9.17) is 0 Å². The Morgan fingerprint density at radius 2 is 0.553 bits per heavy atom. The topological polar surface area (TPSA) is 34.1 Å². The van der Waals surface area contributed by atoms with Gasteiger partial charge in [-0.1, -0.05) is 69.9 Å². The van der Waals surface area contributed by atoms with E-state index >= 15 is 0 Å². The van der Waals surface area contributed by atoms with Gasteiger partial charge in [0.25, 0.3) is 0 Å². The minimum Gasteiger partial charge on any atom is -0.300 e. The largest absolute Gasteiger partial charge is 0.300 e. The summed E-state index contributed by atoms with van der Waals surface area (Å²) < 4.78 is 0. The Morgan fingerprint density at radius 1 is 0.342 bits per heavy atom. The van der Waals surface area contributed by atoms with Gasteiger partial charge in [0.15, 0.2) is 0 Å². The number of hydrogen-bond acceptors (Lipinski definition) is 2. The molecule has 0 spiro atoms. The van der Waals surface area contributed by atoms with Crippen molar-refractivity contribution in [2.45, 2.75) is 146 Å². The maximum Gasteiger partial charge on any atom is 0.130 e. The van der Waals surface area contributed by atoms with Crippen LogP contribution < -0.4 is 0 Å². The predicted octanol–water partition coefficient (Wildman–Crippen LogP) is 11.5. The lowest BCUT2D eigenvalue weighted by atomic mass is 10.1. The van der Waals surface area contributed by atoms with Gasteiger partial charge in [-0.2, -0.15) is 0 Å². The van der Waals surface area contributed by atoms with Gasteiger partial charge in [-0.3, -0.25) is 0 Å². The van der Waals surface area contributed by atoms with Crippen LogP contribution in [0.1, 0.15) is 146 Å². The van der Waals surface area contributed by atoms with Gasteiger partial charge in [0.1, 0.15) is 11.6 Å². The van der Waals surface area contributed by atoms with Gasteiger partial charge >= 0.3 is 0 Å². The lowest BCUT2D eigenvalue weighted by Crippen LogP contribution is -1.87. The third-order valence-electron chi connectivity index (χ3n) is 6.22. The quantitative estimate of drug-likeness (QED) is 0.167. The fourth-order valence-corrected chi connectivity index (χ4v) is 3.72. The van der Waals surface area contributed by atoms with Crippen molar-refractivity contribution in [2.24, 2.45) is 0 Å². The zero-order valence-electron chi connectivity index (χ0n) is 26.8. The fraction of sp³-hybridized carbons (Fsp3) is 0.611. The molecule has 2 nitrogen and oxygen atoms in total. The van der Waals surface area contributed by atoms with E-state index in [1.54, 1.807) is 13.8 Å². The van der Waals surface area contributed by atoms with Crippen LogP contribution in [0.5, 0.6) is 0 Å². The number of ketones is 2. The van der Waals surface area contributed by atoms with Crippen LogP contribution in [0.25, 0.3) is 0 Å². The standard InChI is InChI=1S/2C18H30O/c2*1-15(2)9-6-10-16(3)11-7-12-17(4)13-8-14-18(5)19/h2*9,11,13H,6-8,10,12,14H2,1-5H3/b16-11?,17-13-;. The maximum absolute atomic E-state index is 10.8. The zero-order valence-corrected chi connectivity index (χ0v) is 26.8. The molecule has 38 heavy (non-hydrogen) atoms. The summed E-state index contributed by atoms with van der Waals surface area (Å²) in [5, 5.41) is 0. The van der Waals surface area contributed by atoms with Crippen LogP contribution in [-0.4, -0.2) is 11.6 Å². The van der Waals surface area contributed by atoms with E-state index in [1.165, 1.54) is 33.4 Å². The molecule has 0 unspecified atom stereocenters. The van der Waals surface area contributed by atoms with Crippen molar-refractivity contribution in [2.75, 3.05) is 0 Å². The minimum absolute atomic E-state index is 0.277. The van der Waals surface area contributed by atoms with Crippen molar-refractivity contribution in [1.29, 1.82) is 0 Å². The monoisotopic (exact) mass is 524 g/mol. The van der Waals surface area contributed by atoms with Gasteiger partial charge in [-0.15, -0.1) is 0 Å². The first-order valence-electron chi connectivity index (χ1n) is 14.7. The Bertz CT molecular complexity index is 776. The molecular weight excluding hydrogens is 464 g/mol. The smallest absolute Gasteiger partial charge is 0.130 e. The summed E-state index contributed by atoms with van der Waals surface area (Å²) in [5.74, 6) is 0.554. The number of allylic oxidation sites excluding steroid dienone is 12. The van der Waals surface area contributed by atoms with E-state index < -0.39 is 0 Å². The Hall–Kier alpha value is -2.22. The second-order valence-corrected chi connectivity index (χ2v) is 11.4. The first-order chi connectivity index (χ1) is 17.8. The SMILES string of the molecule is CC(=O)CC/C=C(/C)CCC=C(C)CCC=C(C)C.CC(=O)CCC=C(C)CCC=C(C)CCC=C(C)C. The molecule has 0 amide bonds. The van der Waals surface area contributed by atoms with Crippen molar-refractivity contribution in [3.8, 4) is 0 Å². The molecular formula is C36H60O2. The Labute approximate surface area is 237 Å². The van der Waals surface area contributed by atoms with Gasteiger partial charge < -0.3 is 9.59 Å². The molecule has 0 heterocycles. The number of Topliss-reactive ketones (excluding diaryl/α,β-unsaturated/α-hetero) is 2. The molecule has 0 saturated heterocycles. The highest BCUT2D eigenvalue weighted by Gasteiger charge is 1.95. The second-order valence-electron chi connectivity index (χ2n) is 11.4. The third-order valence-corrected chi connectivity index (χ3v) is 6.22. The molecule has 2 heteroatoms. The fourth-order valence-electron chi connectivity index (χ4n) is 3.72. The van der Waals surface area contributed by atoms with Crippen molar-refractivity contribution < 1.29 is 9.59 Å². The van der Waals surface area contributed by atoms with E-state index in [-0.39, 0.29) is 11.6 Å². The molecule has 0 fully saturated rings. The normalized spacial score (nSPS) is 12.5. The van der Waals surface area contributed by atoms with Crippen molar-refractivity contribution >= 4 is 11.6 Å². The summed E-state index contributed by atoms with van der Waals surface area (Å²) in [6.45, 7) is 20.6. The van der Waals surface area contributed by atoms with Crippen LogP contribution in [0.2, 0.25) is 0 Å². The number of carbonyl (C=O) groups excluding carboxylic acids is 2. The van der Waals surface area contributed by atoms with E-state index in [0.717, 1.165) is 64.2 Å².